The van der Waals surface area contributed by atoms with Gasteiger partial charge in [0.25, 0.3) is 5.91 Å². The first-order valence-electron chi connectivity index (χ1n) is 7.01. The van der Waals surface area contributed by atoms with Crippen molar-refractivity contribution >= 4 is 17.2 Å². The van der Waals surface area contributed by atoms with E-state index in [9.17, 15) is 4.79 Å². The predicted molar refractivity (Wildman–Crippen MR) is 89.2 cm³/mol. The van der Waals surface area contributed by atoms with Crippen molar-refractivity contribution in [3.8, 4) is 11.5 Å². The van der Waals surface area contributed by atoms with Gasteiger partial charge in [-0.25, -0.2) is 0 Å². The molecule has 0 aliphatic carbocycles. The zero-order valence-electron chi connectivity index (χ0n) is 13.3. The summed E-state index contributed by atoms with van der Waals surface area (Å²) in [6.07, 6.45) is 0. The van der Waals surface area contributed by atoms with Gasteiger partial charge in [0.2, 0.25) is 0 Å². The molecular formula is C17H21NO3S. The van der Waals surface area contributed by atoms with Gasteiger partial charge < -0.3 is 14.8 Å². The molecule has 4 nitrogen and oxygen atoms in total. The highest BCUT2D eigenvalue weighted by atomic mass is 32.1. The molecule has 0 spiro atoms. The molecule has 0 bridgehead atoms. The summed E-state index contributed by atoms with van der Waals surface area (Å²) in [4.78, 5) is 12.5. The molecule has 0 fully saturated rings. The number of hydrogen-bond donors (Lipinski definition) is 1. The van der Waals surface area contributed by atoms with Crippen LogP contribution in [0.3, 0.4) is 0 Å². The summed E-state index contributed by atoms with van der Waals surface area (Å²) in [5.74, 6) is 0.835. The Hall–Kier alpha value is -2.01. The molecule has 1 aromatic carbocycles. The number of thiophene rings is 1. The first-order chi connectivity index (χ1) is 10.5. The van der Waals surface area contributed by atoms with Crippen LogP contribution in [0.15, 0.2) is 35.0 Å². The molecule has 1 heterocycles. The number of methoxy groups -OCH3 is 2. The molecule has 1 amide bonds. The molecule has 0 unspecified atom stereocenters. The molecule has 118 valence electrons. The lowest BCUT2D eigenvalue weighted by Crippen LogP contribution is -2.36. The highest BCUT2D eigenvalue weighted by Gasteiger charge is 2.23. The lowest BCUT2D eigenvalue weighted by Gasteiger charge is -2.24. The second-order valence-electron chi connectivity index (χ2n) is 5.62. The summed E-state index contributed by atoms with van der Waals surface area (Å²) in [7, 11) is 3.09. The van der Waals surface area contributed by atoms with Crippen molar-refractivity contribution in [1.82, 2.24) is 5.32 Å². The van der Waals surface area contributed by atoms with E-state index in [-0.39, 0.29) is 11.3 Å². The van der Waals surface area contributed by atoms with Gasteiger partial charge in [0.15, 0.2) is 11.5 Å². The lowest BCUT2D eigenvalue weighted by atomic mass is 9.86. The van der Waals surface area contributed by atoms with E-state index in [0.29, 0.717) is 23.6 Å². The van der Waals surface area contributed by atoms with Crippen LogP contribution in [0.2, 0.25) is 0 Å². The van der Waals surface area contributed by atoms with Gasteiger partial charge in [0.05, 0.1) is 19.8 Å². The number of carbonyl (C=O) groups excluding carboxylic acids is 1. The summed E-state index contributed by atoms with van der Waals surface area (Å²) in [6.45, 7) is 4.76. The van der Waals surface area contributed by atoms with Gasteiger partial charge in [-0.3, -0.25) is 4.79 Å². The van der Waals surface area contributed by atoms with E-state index in [1.54, 1.807) is 36.6 Å². The summed E-state index contributed by atoms with van der Waals surface area (Å²) < 4.78 is 10.5. The molecule has 0 aliphatic heterocycles. The third-order valence-electron chi connectivity index (χ3n) is 3.64. The van der Waals surface area contributed by atoms with E-state index in [2.05, 4.69) is 30.6 Å². The summed E-state index contributed by atoms with van der Waals surface area (Å²) in [6, 6.07) is 7.36. The summed E-state index contributed by atoms with van der Waals surface area (Å²) in [5, 5.41) is 7.14. The van der Waals surface area contributed by atoms with E-state index >= 15 is 0 Å². The molecule has 0 atom stereocenters. The molecule has 1 aromatic heterocycles. The largest absolute Gasteiger partial charge is 0.493 e. The monoisotopic (exact) mass is 319 g/mol. The van der Waals surface area contributed by atoms with Gasteiger partial charge in [-0.05, 0) is 34.5 Å². The number of nitrogens with one attached hydrogen (secondary N) is 1. The fraction of sp³-hybridized carbons (Fsp3) is 0.353. The normalized spacial score (nSPS) is 11.1. The number of carbonyl (C=O) groups is 1. The highest BCUT2D eigenvalue weighted by Crippen LogP contribution is 2.31. The van der Waals surface area contributed by atoms with E-state index in [1.165, 1.54) is 12.7 Å². The smallest absolute Gasteiger partial charge is 0.255 e. The van der Waals surface area contributed by atoms with Gasteiger partial charge in [0, 0.05) is 12.0 Å². The lowest BCUT2D eigenvalue weighted by molar-refractivity contribution is 0.0942. The fourth-order valence-electron chi connectivity index (χ4n) is 2.21. The van der Waals surface area contributed by atoms with Crippen LogP contribution in [-0.4, -0.2) is 26.7 Å². The number of rotatable bonds is 6. The number of hydrogen-bond acceptors (Lipinski definition) is 4. The predicted octanol–water partition coefficient (Wildman–Crippen LogP) is 3.47. The maximum Gasteiger partial charge on any atom is 0.255 e. The number of ether oxygens (including phenoxy) is 2. The molecule has 0 saturated carbocycles. The Labute approximate surface area is 135 Å². The molecule has 0 aliphatic rings. The quantitative estimate of drug-likeness (QED) is 0.887. The summed E-state index contributed by atoms with van der Waals surface area (Å²) in [5.41, 5.74) is 1.57. The minimum absolute atomic E-state index is 0.123. The van der Waals surface area contributed by atoms with E-state index in [4.69, 9.17) is 9.47 Å². The van der Waals surface area contributed by atoms with E-state index in [1.807, 2.05) is 5.38 Å². The number of para-hydroxylation sites is 1. The number of benzene rings is 1. The van der Waals surface area contributed by atoms with Crippen LogP contribution >= 0.6 is 11.3 Å². The SMILES string of the molecule is COc1cccc(C(=O)NCC(C)(C)c2ccsc2)c1OC. The highest BCUT2D eigenvalue weighted by molar-refractivity contribution is 7.08. The maximum absolute atomic E-state index is 12.5. The van der Waals surface area contributed by atoms with Crippen molar-refractivity contribution in [2.24, 2.45) is 0 Å². The van der Waals surface area contributed by atoms with Crippen LogP contribution in [0.4, 0.5) is 0 Å². The Morgan fingerprint density at radius 2 is 2.00 bits per heavy atom. The Balaban J connectivity index is 2.13. The Morgan fingerprint density at radius 3 is 2.59 bits per heavy atom. The van der Waals surface area contributed by atoms with E-state index < -0.39 is 0 Å². The average molecular weight is 319 g/mol. The average Bonchev–Trinajstić information content (AvgIpc) is 3.07. The maximum atomic E-state index is 12.5. The fourth-order valence-corrected chi connectivity index (χ4v) is 3.06. The van der Waals surface area contributed by atoms with Crippen molar-refractivity contribution < 1.29 is 14.3 Å². The first-order valence-corrected chi connectivity index (χ1v) is 7.95. The standard InChI is InChI=1S/C17H21NO3S/c1-17(2,12-8-9-22-10-12)11-18-16(19)13-6-5-7-14(20-3)15(13)21-4/h5-10H,11H2,1-4H3,(H,18,19). The zero-order valence-corrected chi connectivity index (χ0v) is 14.1. The van der Waals surface area contributed by atoms with Gasteiger partial charge in [-0.2, -0.15) is 11.3 Å². The second kappa shape index (κ2) is 6.83. The molecule has 2 rings (SSSR count). The van der Waals surface area contributed by atoms with Gasteiger partial charge in [0.1, 0.15) is 0 Å². The minimum atomic E-state index is -0.168. The Bertz CT molecular complexity index is 635. The molecule has 1 N–H and O–H groups in total. The molecule has 0 radical (unpaired) electrons. The van der Waals surface area contributed by atoms with Crippen LogP contribution in [0.5, 0.6) is 11.5 Å². The van der Waals surface area contributed by atoms with Gasteiger partial charge in [-0.15, -0.1) is 0 Å². The molecule has 2 aromatic rings. The second-order valence-corrected chi connectivity index (χ2v) is 6.40. The van der Waals surface area contributed by atoms with E-state index in [0.717, 1.165) is 0 Å². The van der Waals surface area contributed by atoms with Crippen LogP contribution in [-0.2, 0) is 5.41 Å². The Morgan fingerprint density at radius 1 is 1.23 bits per heavy atom. The topological polar surface area (TPSA) is 47.6 Å². The van der Waals surface area contributed by atoms with Crippen molar-refractivity contribution in [1.29, 1.82) is 0 Å². The molecule has 22 heavy (non-hydrogen) atoms. The van der Waals surface area contributed by atoms with Crippen molar-refractivity contribution in [2.75, 3.05) is 20.8 Å². The molecule has 5 heteroatoms. The third kappa shape index (κ3) is 3.42. The zero-order chi connectivity index (χ0) is 16.2. The number of amides is 1. The minimum Gasteiger partial charge on any atom is -0.493 e. The Kier molecular flexibility index (Phi) is 5.08. The van der Waals surface area contributed by atoms with Crippen molar-refractivity contribution in [3.05, 3.63) is 46.2 Å². The van der Waals surface area contributed by atoms with Crippen LogP contribution < -0.4 is 14.8 Å². The van der Waals surface area contributed by atoms with Crippen molar-refractivity contribution in [2.45, 2.75) is 19.3 Å². The van der Waals surface area contributed by atoms with Crippen LogP contribution in [0.1, 0.15) is 29.8 Å². The molecular weight excluding hydrogens is 298 g/mol. The third-order valence-corrected chi connectivity index (χ3v) is 4.32. The van der Waals surface area contributed by atoms with Crippen LogP contribution in [0.25, 0.3) is 0 Å². The van der Waals surface area contributed by atoms with Gasteiger partial charge >= 0.3 is 0 Å². The molecule has 0 saturated heterocycles. The van der Waals surface area contributed by atoms with Crippen LogP contribution in [0, 0.1) is 0 Å². The van der Waals surface area contributed by atoms with Gasteiger partial charge in [-0.1, -0.05) is 19.9 Å². The van der Waals surface area contributed by atoms with Crippen molar-refractivity contribution in [3.63, 3.8) is 0 Å². The first kappa shape index (κ1) is 16.4. The summed E-state index contributed by atoms with van der Waals surface area (Å²) >= 11 is 1.66.